The Morgan fingerprint density at radius 2 is 1.97 bits per heavy atom. The summed E-state index contributed by atoms with van der Waals surface area (Å²) in [7, 11) is 0. The summed E-state index contributed by atoms with van der Waals surface area (Å²) < 4.78 is 11.3. The van der Waals surface area contributed by atoms with Gasteiger partial charge in [0.2, 0.25) is 0 Å². The molecule has 0 amide bonds. The minimum Gasteiger partial charge on any atom is -0.461 e. The number of carbonyl (C=O) groups is 1. The fraction of sp³-hybridized carbons (Fsp3) is 0.182. The maximum absolute atomic E-state index is 12.4. The number of benzene rings is 2. The molecule has 30 heavy (non-hydrogen) atoms. The number of para-hydroxylation sites is 1. The van der Waals surface area contributed by atoms with E-state index in [-0.39, 0.29) is 17.3 Å². The van der Waals surface area contributed by atoms with Crippen LogP contribution in [0.15, 0.2) is 48.5 Å². The number of aryl methyl sites for hydroxylation is 2. The SMILES string of the molecule is CCOC(=O)c1nn(-c2ccccc2C)c(-c2nsc(-c3cccc(C)c3)n2)c1Cl. The first-order valence-corrected chi connectivity index (χ1v) is 10.6. The lowest BCUT2D eigenvalue weighted by Crippen LogP contribution is -2.07. The van der Waals surface area contributed by atoms with E-state index in [0.717, 1.165) is 27.4 Å². The van der Waals surface area contributed by atoms with E-state index in [9.17, 15) is 4.79 Å². The molecule has 2 aromatic heterocycles. The molecule has 0 N–H and O–H groups in total. The van der Waals surface area contributed by atoms with Crippen molar-refractivity contribution in [2.24, 2.45) is 0 Å². The molecule has 0 atom stereocenters. The van der Waals surface area contributed by atoms with Gasteiger partial charge in [0.05, 0.1) is 12.3 Å². The number of halogens is 1. The molecule has 2 aromatic carbocycles. The zero-order valence-corrected chi connectivity index (χ0v) is 18.3. The van der Waals surface area contributed by atoms with E-state index in [4.69, 9.17) is 21.3 Å². The molecule has 0 aliphatic rings. The van der Waals surface area contributed by atoms with Gasteiger partial charge in [0.15, 0.2) is 11.5 Å². The van der Waals surface area contributed by atoms with Crippen LogP contribution >= 0.6 is 23.1 Å². The quantitative estimate of drug-likeness (QED) is 0.384. The molecule has 0 fully saturated rings. The smallest absolute Gasteiger partial charge is 0.360 e. The molecular formula is C22H19ClN4O2S. The van der Waals surface area contributed by atoms with E-state index in [1.165, 1.54) is 11.5 Å². The molecule has 0 bridgehead atoms. The van der Waals surface area contributed by atoms with E-state index in [1.54, 1.807) is 11.6 Å². The maximum atomic E-state index is 12.4. The van der Waals surface area contributed by atoms with Gasteiger partial charge < -0.3 is 4.74 Å². The molecule has 0 saturated carbocycles. The average Bonchev–Trinajstić information content (AvgIpc) is 3.33. The molecule has 0 unspecified atom stereocenters. The van der Waals surface area contributed by atoms with E-state index in [0.29, 0.717) is 11.5 Å². The molecule has 0 radical (unpaired) electrons. The lowest BCUT2D eigenvalue weighted by Gasteiger charge is -2.08. The second-order valence-corrected chi connectivity index (χ2v) is 7.85. The predicted octanol–water partition coefficient (Wildman–Crippen LogP) is 5.50. The lowest BCUT2D eigenvalue weighted by atomic mass is 10.1. The summed E-state index contributed by atoms with van der Waals surface area (Å²) in [4.78, 5) is 17.1. The zero-order chi connectivity index (χ0) is 21.3. The van der Waals surface area contributed by atoms with Gasteiger partial charge in [-0.2, -0.15) is 9.47 Å². The van der Waals surface area contributed by atoms with Crippen LogP contribution in [0, 0.1) is 13.8 Å². The summed E-state index contributed by atoms with van der Waals surface area (Å²) >= 11 is 7.89. The fourth-order valence-corrected chi connectivity index (χ4v) is 4.05. The number of esters is 1. The summed E-state index contributed by atoms with van der Waals surface area (Å²) in [5, 5.41) is 5.40. The molecular weight excluding hydrogens is 420 g/mol. The van der Waals surface area contributed by atoms with Crippen LogP contribution in [0.3, 0.4) is 0 Å². The number of nitrogens with zero attached hydrogens (tertiary/aromatic N) is 4. The summed E-state index contributed by atoms with van der Waals surface area (Å²) in [5.41, 5.74) is 4.38. The molecule has 0 saturated heterocycles. The van der Waals surface area contributed by atoms with E-state index < -0.39 is 5.97 Å². The normalized spacial score (nSPS) is 10.9. The third kappa shape index (κ3) is 3.74. The van der Waals surface area contributed by atoms with Crippen molar-refractivity contribution in [1.29, 1.82) is 0 Å². The van der Waals surface area contributed by atoms with Crippen LogP contribution in [-0.4, -0.2) is 31.7 Å². The Kier molecular flexibility index (Phi) is 5.65. The van der Waals surface area contributed by atoms with Gasteiger partial charge in [-0.05, 0) is 50.0 Å². The summed E-state index contributed by atoms with van der Waals surface area (Å²) in [5.74, 6) is -0.168. The molecule has 0 spiro atoms. The number of ether oxygens (including phenoxy) is 1. The first-order valence-electron chi connectivity index (χ1n) is 9.42. The predicted molar refractivity (Wildman–Crippen MR) is 118 cm³/mol. The zero-order valence-electron chi connectivity index (χ0n) is 16.7. The number of aromatic nitrogens is 4. The standard InChI is InChI=1S/C22H19ClN4O2S/c1-4-29-22(28)18-17(23)19(27(25-18)16-11-6-5-9-14(16)3)20-24-21(30-26-20)15-10-7-8-13(2)12-15/h5-12H,4H2,1-3H3. The Labute approximate surface area is 183 Å². The van der Waals surface area contributed by atoms with Gasteiger partial charge in [0.1, 0.15) is 15.7 Å². The van der Waals surface area contributed by atoms with Crippen LogP contribution in [0.2, 0.25) is 5.02 Å². The highest BCUT2D eigenvalue weighted by Gasteiger charge is 2.27. The average molecular weight is 439 g/mol. The molecule has 0 aliphatic heterocycles. The Balaban J connectivity index is 1.89. The van der Waals surface area contributed by atoms with Gasteiger partial charge in [0, 0.05) is 5.56 Å². The van der Waals surface area contributed by atoms with Crippen molar-refractivity contribution in [1.82, 2.24) is 19.1 Å². The number of rotatable bonds is 5. The number of hydrogen-bond donors (Lipinski definition) is 0. The minimum atomic E-state index is -0.578. The third-order valence-electron chi connectivity index (χ3n) is 4.54. The lowest BCUT2D eigenvalue weighted by molar-refractivity contribution is 0.0519. The highest BCUT2D eigenvalue weighted by molar-refractivity contribution is 7.09. The van der Waals surface area contributed by atoms with Crippen molar-refractivity contribution in [2.75, 3.05) is 6.61 Å². The molecule has 8 heteroatoms. The highest BCUT2D eigenvalue weighted by atomic mass is 35.5. The molecule has 4 rings (SSSR count). The minimum absolute atomic E-state index is 0.0451. The summed E-state index contributed by atoms with van der Waals surface area (Å²) in [6, 6.07) is 15.8. The summed E-state index contributed by atoms with van der Waals surface area (Å²) in [6.07, 6.45) is 0. The summed E-state index contributed by atoms with van der Waals surface area (Å²) in [6.45, 7) is 5.96. The van der Waals surface area contributed by atoms with Crippen LogP contribution in [0.25, 0.3) is 27.8 Å². The van der Waals surface area contributed by atoms with Crippen molar-refractivity contribution in [3.63, 3.8) is 0 Å². The number of hydrogen-bond acceptors (Lipinski definition) is 6. The van der Waals surface area contributed by atoms with Crippen molar-refractivity contribution < 1.29 is 9.53 Å². The molecule has 6 nitrogen and oxygen atoms in total. The van der Waals surface area contributed by atoms with E-state index in [1.807, 2.05) is 56.3 Å². The Morgan fingerprint density at radius 1 is 1.17 bits per heavy atom. The van der Waals surface area contributed by atoms with Crippen LogP contribution in [0.5, 0.6) is 0 Å². The van der Waals surface area contributed by atoms with Crippen LogP contribution in [0.1, 0.15) is 28.5 Å². The second kappa shape index (κ2) is 8.38. The Bertz CT molecular complexity index is 1230. The van der Waals surface area contributed by atoms with Crippen molar-refractivity contribution in [3.05, 3.63) is 70.4 Å². The van der Waals surface area contributed by atoms with Gasteiger partial charge >= 0.3 is 5.97 Å². The van der Waals surface area contributed by atoms with Crippen LogP contribution in [0.4, 0.5) is 0 Å². The third-order valence-corrected chi connectivity index (χ3v) is 5.67. The first-order chi connectivity index (χ1) is 14.5. The molecule has 2 heterocycles. The highest BCUT2D eigenvalue weighted by Crippen LogP contribution is 2.35. The number of carbonyl (C=O) groups excluding carboxylic acids is 1. The monoisotopic (exact) mass is 438 g/mol. The Hall–Kier alpha value is -3.03. The van der Waals surface area contributed by atoms with Gasteiger partial charge in [-0.3, -0.25) is 0 Å². The second-order valence-electron chi connectivity index (χ2n) is 6.72. The topological polar surface area (TPSA) is 69.9 Å². The molecule has 152 valence electrons. The molecule has 4 aromatic rings. The van der Waals surface area contributed by atoms with Crippen molar-refractivity contribution >= 4 is 29.1 Å². The van der Waals surface area contributed by atoms with Gasteiger partial charge in [-0.25, -0.2) is 14.5 Å². The van der Waals surface area contributed by atoms with E-state index >= 15 is 0 Å². The van der Waals surface area contributed by atoms with Gasteiger partial charge in [-0.15, -0.1) is 0 Å². The van der Waals surface area contributed by atoms with Crippen molar-refractivity contribution in [2.45, 2.75) is 20.8 Å². The van der Waals surface area contributed by atoms with Crippen molar-refractivity contribution in [3.8, 4) is 27.8 Å². The van der Waals surface area contributed by atoms with E-state index in [2.05, 4.69) is 15.5 Å². The van der Waals surface area contributed by atoms with Crippen LogP contribution in [-0.2, 0) is 4.74 Å². The molecule has 0 aliphatic carbocycles. The van der Waals surface area contributed by atoms with Crippen LogP contribution < -0.4 is 0 Å². The Morgan fingerprint density at radius 3 is 2.70 bits per heavy atom. The van der Waals surface area contributed by atoms with Gasteiger partial charge in [-0.1, -0.05) is 53.6 Å². The largest absolute Gasteiger partial charge is 0.461 e. The van der Waals surface area contributed by atoms with Gasteiger partial charge in [0.25, 0.3) is 0 Å². The first kappa shape index (κ1) is 20.3. The fourth-order valence-electron chi connectivity index (χ4n) is 3.11. The maximum Gasteiger partial charge on any atom is 0.360 e.